The lowest BCUT2D eigenvalue weighted by molar-refractivity contribution is 0.0996. The smallest absolute Gasteiger partial charge is 0.267 e. The Bertz CT molecular complexity index is 508. The van der Waals surface area contributed by atoms with E-state index in [0.717, 1.165) is 5.39 Å². The van der Waals surface area contributed by atoms with Gasteiger partial charge in [-0.25, -0.2) is 4.98 Å². The Labute approximate surface area is 80.0 Å². The van der Waals surface area contributed by atoms with E-state index in [9.17, 15) is 9.90 Å². The molecule has 0 fully saturated rings. The first-order valence-corrected chi connectivity index (χ1v) is 4.06. The van der Waals surface area contributed by atoms with Crippen LogP contribution in [0.1, 0.15) is 10.5 Å². The van der Waals surface area contributed by atoms with Gasteiger partial charge in [0.2, 0.25) is 0 Å². The maximum absolute atomic E-state index is 10.8. The van der Waals surface area contributed by atoms with Gasteiger partial charge in [-0.2, -0.15) is 0 Å². The Balaban J connectivity index is 2.67. The van der Waals surface area contributed by atoms with Gasteiger partial charge < -0.3 is 10.8 Å². The highest BCUT2D eigenvalue weighted by Crippen LogP contribution is 2.18. The topological polar surface area (TPSA) is 76.2 Å². The molecule has 2 aromatic rings. The van der Waals surface area contributed by atoms with E-state index >= 15 is 0 Å². The fourth-order valence-corrected chi connectivity index (χ4v) is 1.25. The molecule has 0 aliphatic rings. The van der Waals surface area contributed by atoms with E-state index in [1.807, 2.05) is 0 Å². The fraction of sp³-hybridized carbons (Fsp3) is 0. The first kappa shape index (κ1) is 8.50. The van der Waals surface area contributed by atoms with Gasteiger partial charge in [-0.1, -0.05) is 6.07 Å². The number of benzene rings is 1. The SMILES string of the molecule is NC(=O)c1ccc2cc(O)ccc2n1. The number of amides is 1. The molecule has 0 aliphatic carbocycles. The fourth-order valence-electron chi connectivity index (χ4n) is 1.25. The largest absolute Gasteiger partial charge is 0.508 e. The number of phenols is 1. The number of pyridine rings is 1. The zero-order valence-electron chi connectivity index (χ0n) is 7.27. The number of primary amides is 1. The maximum atomic E-state index is 10.8. The molecule has 14 heavy (non-hydrogen) atoms. The number of aromatic nitrogens is 1. The summed E-state index contributed by atoms with van der Waals surface area (Å²) in [6, 6.07) is 7.95. The van der Waals surface area contributed by atoms with Crippen LogP contribution in [-0.4, -0.2) is 16.0 Å². The standard InChI is InChI=1S/C10H8N2O2/c11-10(14)9-3-1-6-5-7(13)2-4-8(6)12-9/h1-5,13H,(H2,11,14). The molecule has 0 saturated carbocycles. The molecule has 1 amide bonds. The highest BCUT2D eigenvalue weighted by atomic mass is 16.3. The minimum atomic E-state index is -0.556. The van der Waals surface area contributed by atoms with E-state index in [4.69, 9.17) is 5.73 Å². The third kappa shape index (κ3) is 1.37. The molecule has 1 aromatic heterocycles. The van der Waals surface area contributed by atoms with Crippen LogP contribution >= 0.6 is 0 Å². The molecule has 4 nitrogen and oxygen atoms in total. The molecule has 4 heteroatoms. The second-order valence-corrected chi connectivity index (χ2v) is 2.94. The summed E-state index contributed by atoms with van der Waals surface area (Å²) < 4.78 is 0. The van der Waals surface area contributed by atoms with Gasteiger partial charge in [-0.15, -0.1) is 0 Å². The lowest BCUT2D eigenvalue weighted by Gasteiger charge is -1.99. The number of hydrogen-bond acceptors (Lipinski definition) is 3. The van der Waals surface area contributed by atoms with Crippen molar-refractivity contribution in [2.75, 3.05) is 0 Å². The lowest BCUT2D eigenvalue weighted by atomic mass is 10.2. The third-order valence-corrected chi connectivity index (χ3v) is 1.93. The molecule has 0 radical (unpaired) electrons. The summed E-state index contributed by atoms with van der Waals surface area (Å²) in [7, 11) is 0. The molecule has 1 heterocycles. The van der Waals surface area contributed by atoms with Gasteiger partial charge in [0, 0.05) is 5.39 Å². The van der Waals surface area contributed by atoms with E-state index in [1.165, 1.54) is 12.1 Å². The van der Waals surface area contributed by atoms with E-state index in [2.05, 4.69) is 4.98 Å². The van der Waals surface area contributed by atoms with Crippen molar-refractivity contribution in [2.45, 2.75) is 0 Å². The van der Waals surface area contributed by atoms with Crippen molar-refractivity contribution in [1.82, 2.24) is 4.98 Å². The van der Waals surface area contributed by atoms with Gasteiger partial charge >= 0.3 is 0 Å². The molecule has 1 aromatic carbocycles. The predicted molar refractivity (Wildman–Crippen MR) is 51.9 cm³/mol. The minimum absolute atomic E-state index is 0.172. The van der Waals surface area contributed by atoms with Crippen LogP contribution in [-0.2, 0) is 0 Å². The van der Waals surface area contributed by atoms with Gasteiger partial charge in [0.05, 0.1) is 5.52 Å². The van der Waals surface area contributed by atoms with E-state index in [1.54, 1.807) is 18.2 Å². The Kier molecular flexibility index (Phi) is 1.81. The van der Waals surface area contributed by atoms with E-state index < -0.39 is 5.91 Å². The van der Waals surface area contributed by atoms with Crippen LogP contribution in [0.25, 0.3) is 10.9 Å². The van der Waals surface area contributed by atoms with E-state index in [-0.39, 0.29) is 11.4 Å². The molecule has 0 saturated heterocycles. The number of aromatic hydroxyl groups is 1. The number of nitrogens with two attached hydrogens (primary N) is 1. The average Bonchev–Trinajstić information content (AvgIpc) is 2.16. The molecule has 0 unspecified atom stereocenters. The van der Waals surface area contributed by atoms with Crippen molar-refractivity contribution in [3.8, 4) is 5.75 Å². The molecule has 70 valence electrons. The van der Waals surface area contributed by atoms with Crippen LogP contribution in [0.4, 0.5) is 0 Å². The molecule has 3 N–H and O–H groups in total. The summed E-state index contributed by atoms with van der Waals surface area (Å²) >= 11 is 0. The molecule has 0 atom stereocenters. The van der Waals surface area contributed by atoms with Crippen molar-refractivity contribution in [3.05, 3.63) is 36.0 Å². The van der Waals surface area contributed by atoms with Crippen LogP contribution in [0.3, 0.4) is 0 Å². The number of carbonyl (C=O) groups excluding carboxylic acids is 1. The summed E-state index contributed by atoms with van der Waals surface area (Å²) in [5.41, 5.74) is 5.95. The number of rotatable bonds is 1. The van der Waals surface area contributed by atoms with Crippen molar-refractivity contribution in [1.29, 1.82) is 0 Å². The summed E-state index contributed by atoms with van der Waals surface area (Å²) in [5, 5.41) is 9.96. The zero-order valence-corrected chi connectivity index (χ0v) is 7.27. The average molecular weight is 188 g/mol. The van der Waals surface area contributed by atoms with Crippen LogP contribution in [0, 0.1) is 0 Å². The van der Waals surface area contributed by atoms with Crippen LogP contribution in [0.5, 0.6) is 5.75 Å². The van der Waals surface area contributed by atoms with Gasteiger partial charge in [-0.05, 0) is 24.3 Å². The van der Waals surface area contributed by atoms with Crippen molar-refractivity contribution >= 4 is 16.8 Å². The van der Waals surface area contributed by atoms with Gasteiger partial charge in [-0.3, -0.25) is 4.79 Å². The van der Waals surface area contributed by atoms with Crippen LogP contribution in [0.15, 0.2) is 30.3 Å². The number of nitrogens with zero attached hydrogens (tertiary/aromatic N) is 1. The lowest BCUT2D eigenvalue weighted by Crippen LogP contribution is -2.12. The molecule has 2 rings (SSSR count). The molecule has 0 bridgehead atoms. The highest BCUT2D eigenvalue weighted by molar-refractivity contribution is 5.93. The Morgan fingerprint density at radius 3 is 2.79 bits per heavy atom. The molecular weight excluding hydrogens is 180 g/mol. The summed E-state index contributed by atoms with van der Waals surface area (Å²) in [6.45, 7) is 0. The quantitative estimate of drug-likeness (QED) is 0.701. The predicted octanol–water partition coefficient (Wildman–Crippen LogP) is 1.04. The second-order valence-electron chi connectivity index (χ2n) is 2.94. The highest BCUT2D eigenvalue weighted by Gasteiger charge is 2.03. The summed E-state index contributed by atoms with van der Waals surface area (Å²) in [5.74, 6) is -0.383. The monoisotopic (exact) mass is 188 g/mol. The summed E-state index contributed by atoms with van der Waals surface area (Å²) in [4.78, 5) is 14.9. The third-order valence-electron chi connectivity index (χ3n) is 1.93. The molecule has 0 aliphatic heterocycles. The summed E-state index contributed by atoms with van der Waals surface area (Å²) in [6.07, 6.45) is 0. The van der Waals surface area contributed by atoms with Gasteiger partial charge in [0.15, 0.2) is 0 Å². The van der Waals surface area contributed by atoms with Crippen molar-refractivity contribution in [3.63, 3.8) is 0 Å². The zero-order chi connectivity index (χ0) is 10.1. The van der Waals surface area contributed by atoms with Crippen LogP contribution < -0.4 is 5.73 Å². The first-order valence-electron chi connectivity index (χ1n) is 4.06. The number of fused-ring (bicyclic) bond motifs is 1. The normalized spacial score (nSPS) is 10.3. The van der Waals surface area contributed by atoms with E-state index in [0.29, 0.717) is 5.52 Å². The first-order chi connectivity index (χ1) is 6.66. The van der Waals surface area contributed by atoms with Crippen molar-refractivity contribution in [2.24, 2.45) is 5.73 Å². The number of hydrogen-bond donors (Lipinski definition) is 2. The Morgan fingerprint density at radius 1 is 1.29 bits per heavy atom. The van der Waals surface area contributed by atoms with Crippen molar-refractivity contribution < 1.29 is 9.90 Å². The van der Waals surface area contributed by atoms with Gasteiger partial charge in [0.1, 0.15) is 11.4 Å². The number of carbonyl (C=O) groups is 1. The minimum Gasteiger partial charge on any atom is -0.508 e. The Hall–Kier alpha value is -2.10. The molecule has 0 spiro atoms. The van der Waals surface area contributed by atoms with Gasteiger partial charge in [0.25, 0.3) is 5.91 Å². The van der Waals surface area contributed by atoms with Crippen LogP contribution in [0.2, 0.25) is 0 Å². The number of phenolic OH excluding ortho intramolecular Hbond substituents is 1. The second kappa shape index (κ2) is 2.99. The Morgan fingerprint density at radius 2 is 2.07 bits per heavy atom. The molecular formula is C10H8N2O2. The maximum Gasteiger partial charge on any atom is 0.267 e.